The van der Waals surface area contributed by atoms with Crippen molar-refractivity contribution in [2.45, 2.75) is 26.0 Å². The average molecular weight is 396 g/mol. The molecule has 0 aliphatic rings. The number of amides is 3. The maximum atomic E-state index is 12.0. The molecule has 0 aliphatic carbocycles. The fraction of sp³-hybridized carbons (Fsp3) is 0.200. The lowest BCUT2D eigenvalue weighted by Gasteiger charge is -2.09. The molecule has 0 atom stereocenters. The van der Waals surface area contributed by atoms with Gasteiger partial charge >= 0.3 is 6.03 Å². The van der Waals surface area contributed by atoms with Crippen molar-refractivity contribution in [1.82, 2.24) is 15.5 Å². The number of benzene rings is 2. The van der Waals surface area contributed by atoms with Crippen molar-refractivity contribution in [2.24, 2.45) is 0 Å². The van der Waals surface area contributed by atoms with Gasteiger partial charge < -0.3 is 9.73 Å². The maximum absolute atomic E-state index is 12.0. The molecule has 1 aromatic heterocycles. The van der Waals surface area contributed by atoms with Gasteiger partial charge in [0.15, 0.2) is 0 Å². The molecule has 28 heavy (non-hydrogen) atoms. The molecule has 0 unspecified atom stereocenters. The summed E-state index contributed by atoms with van der Waals surface area (Å²) in [5, 5.41) is 13.2. The van der Waals surface area contributed by atoms with Crippen molar-refractivity contribution in [2.75, 3.05) is 11.1 Å². The predicted octanol–water partition coefficient (Wildman–Crippen LogP) is 4.10. The maximum Gasteiger partial charge on any atom is 0.325 e. The molecule has 7 nitrogen and oxygen atoms in total. The van der Waals surface area contributed by atoms with E-state index in [2.05, 4.69) is 20.8 Å². The summed E-state index contributed by atoms with van der Waals surface area (Å²) in [5.74, 6) is -0.0769. The molecule has 3 amide bonds. The van der Waals surface area contributed by atoms with Crippen LogP contribution in [0.2, 0.25) is 0 Å². The van der Waals surface area contributed by atoms with Gasteiger partial charge in [0.05, 0.1) is 5.75 Å². The van der Waals surface area contributed by atoms with Crippen molar-refractivity contribution in [3.8, 4) is 11.5 Å². The molecule has 0 aliphatic heterocycles. The Hall–Kier alpha value is -3.13. The minimum absolute atomic E-state index is 0.0181. The second-order valence-corrected chi connectivity index (χ2v) is 7.22. The minimum Gasteiger partial charge on any atom is -0.411 e. The van der Waals surface area contributed by atoms with E-state index in [0.29, 0.717) is 11.6 Å². The third-order valence-corrected chi connectivity index (χ3v) is 4.81. The van der Waals surface area contributed by atoms with E-state index in [1.54, 1.807) is 6.07 Å². The lowest BCUT2D eigenvalue weighted by atomic mass is 10.1. The number of hydrogen-bond acceptors (Lipinski definition) is 6. The van der Waals surface area contributed by atoms with Crippen LogP contribution in [0.1, 0.15) is 16.7 Å². The number of hydrogen-bond donors (Lipinski definition) is 2. The zero-order chi connectivity index (χ0) is 20.1. The van der Waals surface area contributed by atoms with Gasteiger partial charge in [0.25, 0.3) is 5.22 Å². The molecule has 2 aromatic carbocycles. The zero-order valence-corrected chi connectivity index (χ0v) is 16.6. The normalized spacial score (nSPS) is 10.5. The number of thioether (sulfide) groups is 1. The van der Waals surface area contributed by atoms with Crippen molar-refractivity contribution >= 4 is 29.4 Å². The second-order valence-electron chi connectivity index (χ2n) is 6.30. The number of nitrogens with zero attached hydrogens (tertiary/aromatic N) is 2. The highest BCUT2D eigenvalue weighted by Crippen LogP contribution is 2.25. The summed E-state index contributed by atoms with van der Waals surface area (Å²) >= 11 is 1.07. The summed E-state index contributed by atoms with van der Waals surface area (Å²) in [6.07, 6.45) is 0. The Morgan fingerprint density at radius 1 is 1.04 bits per heavy atom. The van der Waals surface area contributed by atoms with Crippen LogP contribution in [0.5, 0.6) is 0 Å². The zero-order valence-electron chi connectivity index (χ0n) is 15.8. The van der Waals surface area contributed by atoms with E-state index >= 15 is 0 Å². The van der Waals surface area contributed by atoms with E-state index in [4.69, 9.17) is 4.42 Å². The van der Waals surface area contributed by atoms with Gasteiger partial charge in [-0.3, -0.25) is 10.1 Å². The van der Waals surface area contributed by atoms with Crippen LogP contribution in [-0.4, -0.2) is 27.9 Å². The number of aromatic nitrogens is 2. The molecule has 0 fully saturated rings. The summed E-state index contributed by atoms with van der Waals surface area (Å²) in [7, 11) is 0. The van der Waals surface area contributed by atoms with Crippen LogP contribution in [0, 0.1) is 20.8 Å². The highest BCUT2D eigenvalue weighted by atomic mass is 32.2. The van der Waals surface area contributed by atoms with E-state index in [1.165, 1.54) is 0 Å². The fourth-order valence-corrected chi connectivity index (χ4v) is 3.15. The molecule has 1 heterocycles. The lowest BCUT2D eigenvalue weighted by Crippen LogP contribution is -2.35. The number of carbonyl (C=O) groups is 2. The monoisotopic (exact) mass is 396 g/mol. The molecule has 0 spiro atoms. The van der Waals surface area contributed by atoms with Gasteiger partial charge in [-0.05, 0) is 44.0 Å². The van der Waals surface area contributed by atoms with Gasteiger partial charge in [-0.15, -0.1) is 10.2 Å². The van der Waals surface area contributed by atoms with Gasteiger partial charge in [0, 0.05) is 11.3 Å². The first-order valence-electron chi connectivity index (χ1n) is 8.63. The number of nitrogens with one attached hydrogen (secondary N) is 2. The number of aryl methyl sites for hydroxylation is 3. The summed E-state index contributed by atoms with van der Waals surface area (Å²) in [6, 6.07) is 12.7. The van der Waals surface area contributed by atoms with E-state index < -0.39 is 11.9 Å². The van der Waals surface area contributed by atoms with Gasteiger partial charge in [-0.25, -0.2) is 4.79 Å². The molecule has 3 aromatic rings. The molecule has 0 saturated heterocycles. The summed E-state index contributed by atoms with van der Waals surface area (Å²) in [5.41, 5.74) is 4.54. The number of rotatable bonds is 5. The molecule has 144 valence electrons. The standard InChI is InChI=1S/C20H20N4O3S/c1-12-8-9-16(14(3)10-12)21-19(26)22-17(25)11-28-20-24-23-18(27-20)15-7-5-4-6-13(15)2/h4-10H,11H2,1-3H3,(H2,21,22,25,26). The van der Waals surface area contributed by atoms with Gasteiger partial charge in [-0.2, -0.15) is 0 Å². The highest BCUT2D eigenvalue weighted by molar-refractivity contribution is 7.99. The molecule has 3 rings (SSSR count). The number of anilines is 1. The predicted molar refractivity (Wildman–Crippen MR) is 108 cm³/mol. The second kappa shape index (κ2) is 8.71. The van der Waals surface area contributed by atoms with Crippen molar-refractivity contribution in [3.05, 3.63) is 59.2 Å². The molecule has 8 heteroatoms. The molecular formula is C20H20N4O3S. The SMILES string of the molecule is Cc1ccc(NC(=O)NC(=O)CSc2nnc(-c3ccccc3C)o2)c(C)c1. The Bertz CT molecular complexity index is 1020. The molecular weight excluding hydrogens is 376 g/mol. The first-order chi connectivity index (χ1) is 13.4. The van der Waals surface area contributed by atoms with Gasteiger partial charge in [0.2, 0.25) is 11.8 Å². The summed E-state index contributed by atoms with van der Waals surface area (Å²) < 4.78 is 5.59. The van der Waals surface area contributed by atoms with Crippen LogP contribution in [0.15, 0.2) is 52.1 Å². The first kappa shape index (κ1) is 19.6. The van der Waals surface area contributed by atoms with Crippen molar-refractivity contribution in [1.29, 1.82) is 0 Å². The van der Waals surface area contributed by atoms with Crippen LogP contribution in [0.4, 0.5) is 10.5 Å². The summed E-state index contributed by atoms with van der Waals surface area (Å²) in [4.78, 5) is 24.0. The van der Waals surface area contributed by atoms with Crippen LogP contribution >= 0.6 is 11.8 Å². The molecule has 0 bridgehead atoms. The smallest absolute Gasteiger partial charge is 0.325 e. The number of urea groups is 1. The molecule has 2 N–H and O–H groups in total. The first-order valence-corrected chi connectivity index (χ1v) is 9.61. The summed E-state index contributed by atoms with van der Waals surface area (Å²) in [6.45, 7) is 5.82. The minimum atomic E-state index is -0.580. The Kier molecular flexibility index (Phi) is 6.10. The van der Waals surface area contributed by atoms with Crippen LogP contribution < -0.4 is 10.6 Å². The number of imide groups is 1. The highest BCUT2D eigenvalue weighted by Gasteiger charge is 2.14. The average Bonchev–Trinajstić information content (AvgIpc) is 3.11. The third kappa shape index (κ3) is 4.98. The van der Waals surface area contributed by atoms with E-state index in [0.717, 1.165) is 34.0 Å². The largest absolute Gasteiger partial charge is 0.411 e. The van der Waals surface area contributed by atoms with Gasteiger partial charge in [-0.1, -0.05) is 47.7 Å². The van der Waals surface area contributed by atoms with E-state index in [-0.39, 0.29) is 11.0 Å². The Balaban J connectivity index is 1.52. The Morgan fingerprint density at radius 3 is 2.57 bits per heavy atom. The van der Waals surface area contributed by atoms with Crippen molar-refractivity contribution < 1.29 is 14.0 Å². The van der Waals surface area contributed by atoms with Gasteiger partial charge in [0.1, 0.15) is 0 Å². The number of carbonyl (C=O) groups excluding carboxylic acids is 2. The van der Waals surface area contributed by atoms with Crippen LogP contribution in [-0.2, 0) is 4.79 Å². The molecule has 0 radical (unpaired) electrons. The van der Waals surface area contributed by atoms with Crippen LogP contribution in [0.3, 0.4) is 0 Å². The quantitative estimate of drug-likeness (QED) is 0.630. The van der Waals surface area contributed by atoms with E-state index in [1.807, 2.05) is 57.2 Å². The third-order valence-electron chi connectivity index (χ3n) is 3.99. The van der Waals surface area contributed by atoms with Crippen molar-refractivity contribution in [3.63, 3.8) is 0 Å². The Morgan fingerprint density at radius 2 is 1.82 bits per heavy atom. The Labute approximate surface area is 166 Å². The fourth-order valence-electron chi connectivity index (χ4n) is 2.59. The van der Waals surface area contributed by atoms with Crippen LogP contribution in [0.25, 0.3) is 11.5 Å². The molecule has 0 saturated carbocycles. The van der Waals surface area contributed by atoms with E-state index in [9.17, 15) is 9.59 Å². The topological polar surface area (TPSA) is 97.1 Å². The lowest BCUT2D eigenvalue weighted by molar-refractivity contribution is -0.117.